The van der Waals surface area contributed by atoms with Gasteiger partial charge in [0.2, 0.25) is 0 Å². The molecule has 2 rings (SSSR count). The highest BCUT2D eigenvalue weighted by molar-refractivity contribution is 8.00. The number of hydrogen-bond donors (Lipinski definition) is 1. The van der Waals surface area contributed by atoms with Crippen LogP contribution in [0.2, 0.25) is 0 Å². The van der Waals surface area contributed by atoms with Crippen molar-refractivity contribution in [2.45, 2.75) is 31.9 Å². The summed E-state index contributed by atoms with van der Waals surface area (Å²) < 4.78 is 0.264. The summed E-state index contributed by atoms with van der Waals surface area (Å²) in [5.41, 5.74) is 8.18. The number of nitrogen functional groups attached to an aromatic ring is 1. The van der Waals surface area contributed by atoms with E-state index in [4.69, 9.17) is 5.73 Å². The molecule has 1 heterocycles. The van der Waals surface area contributed by atoms with Crippen LogP contribution in [0.25, 0.3) is 0 Å². The molecule has 0 unspecified atom stereocenters. The fourth-order valence-electron chi connectivity index (χ4n) is 2.26. The summed E-state index contributed by atoms with van der Waals surface area (Å²) >= 11 is 1.95. The molecule has 1 aliphatic heterocycles. The highest BCUT2D eigenvalue weighted by Crippen LogP contribution is 2.31. The van der Waals surface area contributed by atoms with Crippen molar-refractivity contribution in [3.05, 3.63) is 29.3 Å². The minimum Gasteiger partial charge on any atom is -0.399 e. The summed E-state index contributed by atoms with van der Waals surface area (Å²) in [6, 6.07) is 5.55. The number of thioether (sulfide) groups is 1. The van der Waals surface area contributed by atoms with Gasteiger partial charge in [0, 0.05) is 34.8 Å². The van der Waals surface area contributed by atoms with Crippen LogP contribution in [0, 0.1) is 6.92 Å². The molecule has 0 bridgehead atoms. The zero-order valence-electron chi connectivity index (χ0n) is 11.9. The average molecular weight is 278 g/mol. The Bertz CT molecular complexity index is 485. The minimum absolute atomic E-state index is 0.114. The molecule has 0 saturated carbocycles. The van der Waals surface area contributed by atoms with Gasteiger partial charge in [-0.2, -0.15) is 11.8 Å². The second-order valence-electron chi connectivity index (χ2n) is 5.72. The van der Waals surface area contributed by atoms with Crippen LogP contribution in [-0.2, 0) is 0 Å². The van der Waals surface area contributed by atoms with Gasteiger partial charge in [-0.25, -0.2) is 0 Å². The molecule has 0 aliphatic carbocycles. The van der Waals surface area contributed by atoms with Crippen molar-refractivity contribution in [1.82, 2.24) is 4.90 Å². The number of anilines is 1. The molecule has 1 saturated heterocycles. The Kier molecular flexibility index (Phi) is 4.09. The maximum absolute atomic E-state index is 12.6. The van der Waals surface area contributed by atoms with Gasteiger partial charge in [-0.3, -0.25) is 4.79 Å². The monoisotopic (exact) mass is 278 g/mol. The second-order valence-corrected chi connectivity index (χ2v) is 7.53. The smallest absolute Gasteiger partial charge is 0.254 e. The predicted molar refractivity (Wildman–Crippen MR) is 82.6 cm³/mol. The van der Waals surface area contributed by atoms with Crippen LogP contribution >= 0.6 is 11.8 Å². The van der Waals surface area contributed by atoms with Crippen LogP contribution in [0.3, 0.4) is 0 Å². The van der Waals surface area contributed by atoms with E-state index in [1.807, 2.05) is 35.7 Å². The first-order chi connectivity index (χ1) is 8.89. The van der Waals surface area contributed by atoms with Gasteiger partial charge in [0.25, 0.3) is 5.91 Å². The predicted octanol–water partition coefficient (Wildman–Crippen LogP) is 2.93. The molecule has 1 aromatic rings. The SMILES string of the molecule is Cc1ccc(N)cc1C(=O)N1CCSC(C)(C)CC1. The van der Waals surface area contributed by atoms with Crippen LogP contribution in [0.4, 0.5) is 5.69 Å². The van der Waals surface area contributed by atoms with Gasteiger partial charge in [0.15, 0.2) is 0 Å². The number of benzene rings is 1. The third-order valence-electron chi connectivity index (χ3n) is 3.62. The number of carbonyl (C=O) groups excluding carboxylic acids is 1. The molecular formula is C15H22N2OS. The van der Waals surface area contributed by atoms with Gasteiger partial charge in [-0.15, -0.1) is 0 Å². The Hall–Kier alpha value is -1.16. The molecule has 1 aliphatic rings. The van der Waals surface area contributed by atoms with E-state index in [9.17, 15) is 4.79 Å². The third-order valence-corrected chi connectivity index (χ3v) is 4.99. The number of carbonyl (C=O) groups is 1. The van der Waals surface area contributed by atoms with Gasteiger partial charge >= 0.3 is 0 Å². The zero-order valence-corrected chi connectivity index (χ0v) is 12.7. The number of amides is 1. The normalized spacial score (nSPS) is 19.0. The number of nitrogens with zero attached hydrogens (tertiary/aromatic N) is 1. The van der Waals surface area contributed by atoms with Gasteiger partial charge in [0.05, 0.1) is 0 Å². The second kappa shape index (κ2) is 5.45. The quantitative estimate of drug-likeness (QED) is 0.803. The molecule has 0 aromatic heterocycles. The molecule has 4 heteroatoms. The van der Waals surface area contributed by atoms with Crippen molar-refractivity contribution < 1.29 is 4.79 Å². The van der Waals surface area contributed by atoms with Crippen LogP contribution in [0.1, 0.15) is 36.2 Å². The first-order valence-corrected chi connectivity index (χ1v) is 7.67. The van der Waals surface area contributed by atoms with Crippen LogP contribution in [-0.4, -0.2) is 34.4 Å². The minimum atomic E-state index is 0.114. The maximum atomic E-state index is 12.6. The third kappa shape index (κ3) is 3.44. The van der Waals surface area contributed by atoms with E-state index in [0.717, 1.165) is 36.4 Å². The van der Waals surface area contributed by atoms with E-state index >= 15 is 0 Å². The van der Waals surface area contributed by atoms with Crippen molar-refractivity contribution in [1.29, 1.82) is 0 Å². The van der Waals surface area contributed by atoms with Crippen LogP contribution in [0.15, 0.2) is 18.2 Å². The Labute approximate surface area is 119 Å². The molecule has 0 atom stereocenters. The summed E-state index contributed by atoms with van der Waals surface area (Å²) in [4.78, 5) is 14.6. The Morgan fingerprint density at radius 3 is 2.84 bits per heavy atom. The van der Waals surface area contributed by atoms with E-state index in [0.29, 0.717) is 5.69 Å². The van der Waals surface area contributed by atoms with Gasteiger partial charge in [-0.1, -0.05) is 19.9 Å². The van der Waals surface area contributed by atoms with Gasteiger partial charge in [0.1, 0.15) is 0 Å². The zero-order chi connectivity index (χ0) is 14.0. The van der Waals surface area contributed by atoms with Crippen molar-refractivity contribution in [3.63, 3.8) is 0 Å². The largest absolute Gasteiger partial charge is 0.399 e. The topological polar surface area (TPSA) is 46.3 Å². The van der Waals surface area contributed by atoms with E-state index in [2.05, 4.69) is 13.8 Å². The molecule has 1 amide bonds. The summed E-state index contributed by atoms with van der Waals surface area (Å²) in [7, 11) is 0. The van der Waals surface area contributed by atoms with Crippen molar-refractivity contribution in [3.8, 4) is 0 Å². The number of hydrogen-bond acceptors (Lipinski definition) is 3. The number of aryl methyl sites for hydroxylation is 1. The highest BCUT2D eigenvalue weighted by Gasteiger charge is 2.26. The molecule has 19 heavy (non-hydrogen) atoms. The van der Waals surface area contributed by atoms with Crippen molar-refractivity contribution in [2.75, 3.05) is 24.6 Å². The Morgan fingerprint density at radius 1 is 1.37 bits per heavy atom. The lowest BCUT2D eigenvalue weighted by atomic mass is 10.1. The first kappa shape index (κ1) is 14.3. The standard InChI is InChI=1S/C15H22N2OS/c1-11-4-5-12(16)10-13(11)14(18)17-7-6-15(2,3)19-9-8-17/h4-5,10H,6-9,16H2,1-3H3. The molecule has 1 aromatic carbocycles. The highest BCUT2D eigenvalue weighted by atomic mass is 32.2. The molecular weight excluding hydrogens is 256 g/mol. The van der Waals surface area contributed by atoms with Gasteiger partial charge in [-0.05, 0) is 31.0 Å². The van der Waals surface area contributed by atoms with E-state index in [1.165, 1.54) is 0 Å². The molecule has 0 spiro atoms. The molecule has 3 nitrogen and oxygen atoms in total. The van der Waals surface area contributed by atoms with Gasteiger partial charge < -0.3 is 10.6 Å². The summed E-state index contributed by atoms with van der Waals surface area (Å²) in [5.74, 6) is 1.11. The van der Waals surface area contributed by atoms with Crippen LogP contribution in [0.5, 0.6) is 0 Å². The van der Waals surface area contributed by atoms with E-state index in [-0.39, 0.29) is 10.7 Å². The fraction of sp³-hybridized carbons (Fsp3) is 0.533. The summed E-state index contributed by atoms with van der Waals surface area (Å²) in [6.45, 7) is 8.10. The summed E-state index contributed by atoms with van der Waals surface area (Å²) in [6.07, 6.45) is 1.03. The lowest BCUT2D eigenvalue weighted by molar-refractivity contribution is 0.0764. The molecule has 104 valence electrons. The average Bonchev–Trinajstić information content (AvgIpc) is 2.52. The van der Waals surface area contributed by atoms with E-state index < -0.39 is 0 Å². The maximum Gasteiger partial charge on any atom is 0.254 e. The molecule has 1 fully saturated rings. The van der Waals surface area contributed by atoms with Crippen LogP contribution < -0.4 is 5.73 Å². The van der Waals surface area contributed by atoms with Crippen molar-refractivity contribution >= 4 is 23.4 Å². The number of nitrogens with two attached hydrogens (primary N) is 1. The number of rotatable bonds is 1. The summed E-state index contributed by atoms with van der Waals surface area (Å²) in [5, 5.41) is 0. The Morgan fingerprint density at radius 2 is 2.11 bits per heavy atom. The lowest BCUT2D eigenvalue weighted by Gasteiger charge is -2.23. The fourth-order valence-corrected chi connectivity index (χ4v) is 3.36. The van der Waals surface area contributed by atoms with Crippen molar-refractivity contribution in [2.24, 2.45) is 0 Å². The Balaban J connectivity index is 2.17. The first-order valence-electron chi connectivity index (χ1n) is 6.68. The molecule has 0 radical (unpaired) electrons. The lowest BCUT2D eigenvalue weighted by Crippen LogP contribution is -2.34. The van der Waals surface area contributed by atoms with E-state index in [1.54, 1.807) is 6.07 Å². The molecule has 2 N–H and O–H groups in total.